The Balaban J connectivity index is 1.87. The molecule has 8 nitrogen and oxygen atoms in total. The third-order valence-corrected chi connectivity index (χ3v) is 4.21. The molecule has 3 rings (SSSR count). The van der Waals surface area contributed by atoms with Crippen LogP contribution in [0.4, 0.5) is 0 Å². The molecule has 30 heavy (non-hydrogen) atoms. The molecule has 158 valence electrons. The molecule has 0 saturated carbocycles. The normalized spacial score (nSPS) is 12.4. The van der Waals surface area contributed by atoms with Gasteiger partial charge in [-0.1, -0.05) is 30.3 Å². The topological polar surface area (TPSA) is 111 Å². The Morgan fingerprint density at radius 2 is 1.87 bits per heavy atom. The van der Waals surface area contributed by atoms with Crippen molar-refractivity contribution in [1.29, 1.82) is 0 Å². The van der Waals surface area contributed by atoms with Crippen LogP contribution in [0.15, 0.2) is 46.9 Å². The second-order valence-corrected chi connectivity index (χ2v) is 7.74. The van der Waals surface area contributed by atoms with Crippen molar-refractivity contribution in [3.05, 3.63) is 53.6 Å². The summed E-state index contributed by atoms with van der Waals surface area (Å²) in [5.74, 6) is -1.56. The van der Waals surface area contributed by atoms with Crippen LogP contribution in [-0.2, 0) is 16.0 Å². The third kappa shape index (κ3) is 4.89. The second-order valence-electron chi connectivity index (χ2n) is 7.74. The largest absolute Gasteiger partial charge is 0.505 e. The minimum absolute atomic E-state index is 0.0337. The molecule has 0 radical (unpaired) electrons. The van der Waals surface area contributed by atoms with Crippen LogP contribution >= 0.6 is 0 Å². The average molecular weight is 412 g/mol. The number of aromatic hydroxyl groups is 1. The van der Waals surface area contributed by atoms with Gasteiger partial charge in [0.05, 0.1) is 12.7 Å². The number of ether oxygens (including phenoxy) is 2. The van der Waals surface area contributed by atoms with Crippen molar-refractivity contribution >= 4 is 23.0 Å². The number of methoxy groups -OCH3 is 1. The van der Waals surface area contributed by atoms with E-state index in [-0.39, 0.29) is 34.9 Å². The number of rotatable bonds is 6. The fourth-order valence-electron chi connectivity index (χ4n) is 2.88. The molecule has 0 spiro atoms. The van der Waals surface area contributed by atoms with Gasteiger partial charge < -0.3 is 24.3 Å². The quantitative estimate of drug-likeness (QED) is 0.598. The van der Waals surface area contributed by atoms with Crippen LogP contribution in [0, 0.1) is 0 Å². The summed E-state index contributed by atoms with van der Waals surface area (Å²) in [7, 11) is 1.38. The maximum absolute atomic E-state index is 12.9. The molecule has 2 N–H and O–H groups in total. The Hall–Kier alpha value is -3.55. The summed E-state index contributed by atoms with van der Waals surface area (Å²) in [4.78, 5) is 29.6. The van der Waals surface area contributed by atoms with Gasteiger partial charge in [0.1, 0.15) is 11.6 Å². The number of hydrogen-bond acceptors (Lipinski definition) is 7. The zero-order chi connectivity index (χ0) is 21.9. The Bertz CT molecular complexity index is 1050. The molecule has 3 aromatic rings. The maximum Gasteiger partial charge on any atom is 0.394 e. The summed E-state index contributed by atoms with van der Waals surface area (Å²) in [5.41, 5.74) is 0.467. The molecule has 1 heterocycles. The van der Waals surface area contributed by atoms with Crippen molar-refractivity contribution in [3.8, 4) is 11.8 Å². The van der Waals surface area contributed by atoms with Crippen LogP contribution in [0.1, 0.15) is 36.7 Å². The van der Waals surface area contributed by atoms with Crippen LogP contribution in [0.3, 0.4) is 0 Å². The zero-order valence-corrected chi connectivity index (χ0v) is 17.3. The van der Waals surface area contributed by atoms with Crippen LogP contribution < -0.4 is 10.1 Å². The Morgan fingerprint density at radius 1 is 1.17 bits per heavy atom. The van der Waals surface area contributed by atoms with Crippen LogP contribution in [-0.4, -0.2) is 40.7 Å². The Kier molecular flexibility index (Phi) is 5.96. The highest BCUT2D eigenvalue weighted by Gasteiger charge is 2.28. The number of carbonyl (C=O) groups excluding carboxylic acids is 2. The van der Waals surface area contributed by atoms with Gasteiger partial charge in [-0.15, -0.1) is 0 Å². The lowest BCUT2D eigenvalue weighted by molar-refractivity contribution is -0.157. The van der Waals surface area contributed by atoms with Gasteiger partial charge in [0.25, 0.3) is 5.91 Å². The van der Waals surface area contributed by atoms with Crippen molar-refractivity contribution in [2.45, 2.75) is 38.8 Å². The van der Waals surface area contributed by atoms with E-state index in [1.807, 2.05) is 30.3 Å². The zero-order valence-electron chi connectivity index (χ0n) is 17.3. The van der Waals surface area contributed by atoms with E-state index in [1.54, 1.807) is 20.8 Å². The third-order valence-electron chi connectivity index (χ3n) is 4.21. The molecular formula is C22H24N2O6. The minimum atomic E-state index is -0.943. The summed E-state index contributed by atoms with van der Waals surface area (Å²) >= 11 is 0. The van der Waals surface area contributed by atoms with Crippen molar-refractivity contribution < 1.29 is 28.6 Å². The number of phenolic OH excluding ortho intramolecular Hbond substituents is 1. The molecular weight excluding hydrogens is 388 g/mol. The Labute approximate surface area is 173 Å². The van der Waals surface area contributed by atoms with Gasteiger partial charge in [0, 0.05) is 6.42 Å². The molecule has 8 heteroatoms. The van der Waals surface area contributed by atoms with Gasteiger partial charge in [-0.2, -0.15) is 4.98 Å². The predicted molar refractivity (Wildman–Crippen MR) is 109 cm³/mol. The number of oxazole rings is 1. The highest BCUT2D eigenvalue weighted by atomic mass is 16.6. The van der Waals surface area contributed by atoms with E-state index in [2.05, 4.69) is 10.3 Å². The van der Waals surface area contributed by atoms with Gasteiger partial charge >= 0.3 is 12.0 Å². The van der Waals surface area contributed by atoms with E-state index >= 15 is 0 Å². The van der Waals surface area contributed by atoms with Crippen LogP contribution in [0.2, 0.25) is 0 Å². The minimum Gasteiger partial charge on any atom is -0.505 e. The lowest BCUT2D eigenvalue weighted by Crippen LogP contribution is -2.45. The number of hydrogen-bond donors (Lipinski definition) is 2. The van der Waals surface area contributed by atoms with Crippen molar-refractivity contribution in [3.63, 3.8) is 0 Å². The predicted octanol–water partition coefficient (Wildman–Crippen LogP) is 3.22. The summed E-state index contributed by atoms with van der Waals surface area (Å²) < 4.78 is 15.7. The first-order chi connectivity index (χ1) is 14.2. The van der Waals surface area contributed by atoms with E-state index in [9.17, 15) is 14.7 Å². The molecule has 0 bridgehead atoms. The van der Waals surface area contributed by atoms with Crippen LogP contribution in [0.25, 0.3) is 11.1 Å². The molecule has 0 fully saturated rings. The van der Waals surface area contributed by atoms with Gasteiger partial charge in [-0.3, -0.25) is 4.79 Å². The first kappa shape index (κ1) is 21.2. The SMILES string of the molecule is COc1nc2c(O)c(C(=O)NC(Cc3ccccc3)C(=O)OC(C)(C)C)ccc2o1. The molecule has 0 aliphatic heterocycles. The highest BCUT2D eigenvalue weighted by Crippen LogP contribution is 2.31. The van der Waals surface area contributed by atoms with Crippen molar-refractivity contribution in [2.75, 3.05) is 7.11 Å². The summed E-state index contributed by atoms with van der Waals surface area (Å²) in [6.45, 7) is 5.26. The number of fused-ring (bicyclic) bond motifs is 1. The molecule has 1 amide bonds. The number of carbonyl (C=O) groups is 2. The van der Waals surface area contributed by atoms with Gasteiger partial charge in [-0.05, 0) is 38.5 Å². The number of nitrogens with one attached hydrogen (secondary N) is 1. The van der Waals surface area contributed by atoms with Crippen molar-refractivity contribution in [2.24, 2.45) is 0 Å². The van der Waals surface area contributed by atoms with Gasteiger partial charge in [-0.25, -0.2) is 4.79 Å². The molecule has 2 aromatic carbocycles. The lowest BCUT2D eigenvalue weighted by Gasteiger charge is -2.24. The van der Waals surface area contributed by atoms with E-state index in [1.165, 1.54) is 19.2 Å². The standard InChI is InChI=1S/C22H24N2O6/c1-22(2,3)30-20(27)15(12-13-8-6-5-7-9-13)23-19(26)14-10-11-16-17(18(14)25)24-21(28-4)29-16/h5-11,15,25H,12H2,1-4H3,(H,23,26). The molecule has 1 atom stereocenters. The first-order valence-corrected chi connectivity index (χ1v) is 9.42. The van der Waals surface area contributed by atoms with Gasteiger partial charge in [0.15, 0.2) is 16.8 Å². The van der Waals surface area contributed by atoms with Gasteiger partial charge in [0.2, 0.25) is 0 Å². The maximum atomic E-state index is 12.9. The van der Waals surface area contributed by atoms with E-state index < -0.39 is 23.5 Å². The molecule has 1 aromatic heterocycles. The average Bonchev–Trinajstić information content (AvgIpc) is 3.11. The number of aromatic nitrogens is 1. The number of nitrogens with zero attached hydrogens (tertiary/aromatic N) is 1. The number of benzene rings is 2. The number of amides is 1. The molecule has 0 saturated heterocycles. The van der Waals surface area contributed by atoms with Crippen LogP contribution in [0.5, 0.6) is 11.8 Å². The number of esters is 1. The fraction of sp³-hybridized carbons (Fsp3) is 0.318. The molecule has 0 aliphatic carbocycles. The first-order valence-electron chi connectivity index (χ1n) is 9.42. The Morgan fingerprint density at radius 3 is 2.50 bits per heavy atom. The second kappa shape index (κ2) is 8.44. The monoisotopic (exact) mass is 412 g/mol. The number of phenols is 1. The highest BCUT2D eigenvalue weighted by molar-refractivity contribution is 6.03. The summed E-state index contributed by atoms with van der Waals surface area (Å²) in [6, 6.07) is 11.2. The molecule has 0 aliphatic rings. The lowest BCUT2D eigenvalue weighted by atomic mass is 10.0. The van der Waals surface area contributed by atoms with E-state index in [0.29, 0.717) is 0 Å². The summed E-state index contributed by atoms with van der Waals surface area (Å²) in [6.07, 6.45) is 0.205. The van der Waals surface area contributed by atoms with Crippen molar-refractivity contribution in [1.82, 2.24) is 10.3 Å². The smallest absolute Gasteiger partial charge is 0.394 e. The van der Waals surface area contributed by atoms with E-state index in [0.717, 1.165) is 5.56 Å². The fourth-order valence-corrected chi connectivity index (χ4v) is 2.88. The van der Waals surface area contributed by atoms with E-state index in [4.69, 9.17) is 13.9 Å². The molecule has 1 unspecified atom stereocenters. The summed E-state index contributed by atoms with van der Waals surface area (Å²) in [5, 5.41) is 13.2.